The largest absolute Gasteiger partial charge is 0.479 e. The Labute approximate surface area is 134 Å². The van der Waals surface area contributed by atoms with Gasteiger partial charge in [-0.3, -0.25) is 9.59 Å². The lowest BCUT2D eigenvalue weighted by molar-refractivity contribution is -0.125. The van der Waals surface area contributed by atoms with Crippen LogP contribution in [0.5, 0.6) is 5.75 Å². The summed E-state index contributed by atoms with van der Waals surface area (Å²) in [4.78, 5) is 26.0. The molecule has 23 heavy (non-hydrogen) atoms. The lowest BCUT2D eigenvalue weighted by atomic mass is 10.1. The van der Waals surface area contributed by atoms with Gasteiger partial charge < -0.3 is 15.0 Å². The first-order valence-corrected chi connectivity index (χ1v) is 7.57. The molecule has 2 amide bonds. The molecule has 0 unspecified atom stereocenters. The maximum atomic E-state index is 12.3. The maximum absolute atomic E-state index is 12.3. The lowest BCUT2D eigenvalue weighted by Gasteiger charge is -2.32. The second-order valence-electron chi connectivity index (χ2n) is 5.38. The van der Waals surface area contributed by atoms with E-state index in [2.05, 4.69) is 5.32 Å². The van der Waals surface area contributed by atoms with Crippen LogP contribution in [0.15, 0.2) is 54.6 Å². The molecule has 0 aromatic heterocycles. The van der Waals surface area contributed by atoms with Crippen LogP contribution in [0.3, 0.4) is 0 Å². The smallest absolute Gasteiger partial charge is 0.267 e. The topological polar surface area (TPSA) is 58.6 Å². The van der Waals surface area contributed by atoms with Gasteiger partial charge in [0.2, 0.25) is 5.91 Å². The van der Waals surface area contributed by atoms with Crippen molar-refractivity contribution >= 4 is 23.2 Å². The van der Waals surface area contributed by atoms with Crippen LogP contribution in [0, 0.1) is 0 Å². The van der Waals surface area contributed by atoms with Crippen LogP contribution in [-0.4, -0.2) is 24.5 Å². The number of hydrogen-bond donors (Lipinski definition) is 1. The van der Waals surface area contributed by atoms with E-state index in [4.69, 9.17) is 4.74 Å². The van der Waals surface area contributed by atoms with E-state index in [0.717, 1.165) is 5.69 Å². The molecule has 1 heterocycles. The molecular formula is C18H18N2O3. The summed E-state index contributed by atoms with van der Waals surface area (Å²) in [5.74, 6) is 0.417. The molecule has 0 saturated heterocycles. The Hall–Kier alpha value is -2.82. The summed E-state index contributed by atoms with van der Waals surface area (Å²) >= 11 is 0. The number of amides is 2. The highest BCUT2D eigenvalue weighted by Gasteiger charge is 2.31. The van der Waals surface area contributed by atoms with E-state index in [0.29, 0.717) is 18.0 Å². The summed E-state index contributed by atoms with van der Waals surface area (Å²) in [6, 6.07) is 16.6. The zero-order chi connectivity index (χ0) is 16.2. The van der Waals surface area contributed by atoms with Crippen LogP contribution < -0.4 is 15.0 Å². The van der Waals surface area contributed by atoms with E-state index < -0.39 is 6.10 Å². The highest BCUT2D eigenvalue weighted by Crippen LogP contribution is 2.33. The highest BCUT2D eigenvalue weighted by atomic mass is 16.5. The normalized spacial score (nSPS) is 16.5. The summed E-state index contributed by atoms with van der Waals surface area (Å²) < 4.78 is 5.58. The van der Waals surface area contributed by atoms with Crippen LogP contribution in [0.2, 0.25) is 0 Å². The number of fused-ring (bicyclic) bond motifs is 1. The molecule has 3 rings (SSSR count). The second kappa shape index (κ2) is 6.52. The number of rotatable bonds is 4. The summed E-state index contributed by atoms with van der Waals surface area (Å²) in [5.41, 5.74) is 1.46. The van der Waals surface area contributed by atoms with Gasteiger partial charge in [0, 0.05) is 18.7 Å². The van der Waals surface area contributed by atoms with Gasteiger partial charge in [0.05, 0.1) is 5.69 Å². The van der Waals surface area contributed by atoms with Gasteiger partial charge in [-0.2, -0.15) is 0 Å². The molecule has 2 aromatic carbocycles. The SMILES string of the molecule is C[C@@H]1Oc2ccccc2N(CCC(=O)Nc2ccccc2)C1=O. The van der Waals surface area contributed by atoms with Gasteiger partial charge in [0.1, 0.15) is 5.75 Å². The Balaban J connectivity index is 1.67. The van der Waals surface area contributed by atoms with E-state index in [-0.39, 0.29) is 18.2 Å². The van der Waals surface area contributed by atoms with Crippen molar-refractivity contribution in [2.75, 3.05) is 16.8 Å². The fraction of sp³-hybridized carbons (Fsp3) is 0.222. The second-order valence-corrected chi connectivity index (χ2v) is 5.38. The quantitative estimate of drug-likeness (QED) is 0.944. The van der Waals surface area contributed by atoms with Crippen molar-refractivity contribution in [1.29, 1.82) is 0 Å². The van der Waals surface area contributed by atoms with Crippen molar-refractivity contribution < 1.29 is 14.3 Å². The molecule has 2 aromatic rings. The molecule has 1 N–H and O–H groups in total. The van der Waals surface area contributed by atoms with Crippen molar-refractivity contribution in [2.45, 2.75) is 19.4 Å². The third-order valence-electron chi connectivity index (χ3n) is 3.69. The summed E-state index contributed by atoms with van der Waals surface area (Å²) in [5, 5.41) is 2.82. The number of ether oxygens (including phenoxy) is 1. The Morgan fingerprint density at radius 1 is 1.13 bits per heavy atom. The zero-order valence-electron chi connectivity index (χ0n) is 12.9. The van der Waals surface area contributed by atoms with Gasteiger partial charge in [0.15, 0.2) is 6.10 Å². The van der Waals surface area contributed by atoms with E-state index in [1.807, 2.05) is 54.6 Å². The van der Waals surface area contributed by atoms with Gasteiger partial charge in [-0.1, -0.05) is 30.3 Å². The number of carbonyl (C=O) groups is 2. The van der Waals surface area contributed by atoms with Crippen molar-refractivity contribution in [3.05, 3.63) is 54.6 Å². The molecular weight excluding hydrogens is 292 g/mol. The number of anilines is 2. The highest BCUT2D eigenvalue weighted by molar-refractivity contribution is 6.00. The van der Waals surface area contributed by atoms with Crippen LogP contribution in [0.4, 0.5) is 11.4 Å². The van der Waals surface area contributed by atoms with E-state index in [9.17, 15) is 9.59 Å². The summed E-state index contributed by atoms with van der Waals surface area (Å²) in [7, 11) is 0. The van der Waals surface area contributed by atoms with Crippen molar-refractivity contribution in [3.8, 4) is 5.75 Å². The van der Waals surface area contributed by atoms with Gasteiger partial charge in [-0.05, 0) is 31.2 Å². The Morgan fingerprint density at radius 2 is 1.83 bits per heavy atom. The molecule has 1 aliphatic heterocycles. The Kier molecular flexibility index (Phi) is 4.28. The fourth-order valence-corrected chi connectivity index (χ4v) is 2.55. The van der Waals surface area contributed by atoms with Crippen LogP contribution >= 0.6 is 0 Å². The average Bonchev–Trinajstić information content (AvgIpc) is 2.56. The minimum atomic E-state index is -0.540. The molecule has 0 aliphatic carbocycles. The maximum Gasteiger partial charge on any atom is 0.267 e. The molecule has 118 valence electrons. The number of para-hydroxylation sites is 3. The van der Waals surface area contributed by atoms with E-state index >= 15 is 0 Å². The Morgan fingerprint density at radius 3 is 2.61 bits per heavy atom. The minimum absolute atomic E-state index is 0.124. The lowest BCUT2D eigenvalue weighted by Crippen LogP contribution is -2.45. The van der Waals surface area contributed by atoms with Crippen molar-refractivity contribution in [3.63, 3.8) is 0 Å². The molecule has 1 atom stereocenters. The molecule has 0 fully saturated rings. The third-order valence-corrected chi connectivity index (χ3v) is 3.69. The fourth-order valence-electron chi connectivity index (χ4n) is 2.55. The molecule has 1 aliphatic rings. The van der Waals surface area contributed by atoms with E-state index in [1.165, 1.54) is 0 Å². The predicted octanol–water partition coefficient (Wildman–Crippen LogP) is 2.83. The molecule has 0 spiro atoms. The number of nitrogens with one attached hydrogen (secondary N) is 1. The molecule has 0 bridgehead atoms. The van der Waals surface area contributed by atoms with Crippen molar-refractivity contribution in [1.82, 2.24) is 0 Å². The monoisotopic (exact) mass is 310 g/mol. The standard InChI is InChI=1S/C18H18N2O3/c1-13-18(22)20(15-9-5-6-10-16(15)23-13)12-11-17(21)19-14-7-3-2-4-8-14/h2-10,13H,11-12H2,1H3,(H,19,21)/t13-/m0/s1. The average molecular weight is 310 g/mol. The molecule has 0 saturated carbocycles. The van der Waals surface area contributed by atoms with Crippen LogP contribution in [0.25, 0.3) is 0 Å². The predicted molar refractivity (Wildman–Crippen MR) is 88.6 cm³/mol. The van der Waals surface area contributed by atoms with E-state index in [1.54, 1.807) is 11.8 Å². The van der Waals surface area contributed by atoms with Crippen molar-refractivity contribution in [2.24, 2.45) is 0 Å². The van der Waals surface area contributed by atoms with Gasteiger partial charge in [-0.25, -0.2) is 0 Å². The molecule has 0 radical (unpaired) electrons. The van der Waals surface area contributed by atoms with Gasteiger partial charge >= 0.3 is 0 Å². The number of carbonyl (C=O) groups excluding carboxylic acids is 2. The number of benzene rings is 2. The first-order valence-electron chi connectivity index (χ1n) is 7.57. The number of hydrogen-bond acceptors (Lipinski definition) is 3. The number of nitrogens with zero attached hydrogens (tertiary/aromatic N) is 1. The molecule has 5 nitrogen and oxygen atoms in total. The third kappa shape index (κ3) is 3.34. The molecule has 5 heteroatoms. The summed E-state index contributed by atoms with van der Waals surface area (Å²) in [6.07, 6.45) is -0.316. The zero-order valence-corrected chi connectivity index (χ0v) is 12.9. The van der Waals surface area contributed by atoms with Crippen LogP contribution in [-0.2, 0) is 9.59 Å². The van der Waals surface area contributed by atoms with Crippen LogP contribution in [0.1, 0.15) is 13.3 Å². The van der Waals surface area contributed by atoms with Gasteiger partial charge in [-0.15, -0.1) is 0 Å². The first kappa shape index (κ1) is 15.1. The van der Waals surface area contributed by atoms with Gasteiger partial charge in [0.25, 0.3) is 5.91 Å². The first-order chi connectivity index (χ1) is 11.1. The minimum Gasteiger partial charge on any atom is -0.479 e. The summed E-state index contributed by atoms with van der Waals surface area (Å²) in [6.45, 7) is 2.04. The Bertz CT molecular complexity index is 715.